The van der Waals surface area contributed by atoms with Crippen LogP contribution in [-0.2, 0) is 4.74 Å². The Hall–Kier alpha value is -1.03. The van der Waals surface area contributed by atoms with Crippen molar-refractivity contribution in [3.05, 3.63) is 29.8 Å². The molecule has 4 nitrogen and oxygen atoms in total. The fraction of sp³-hybridized carbons (Fsp3) is 0.533. The zero-order chi connectivity index (χ0) is 16.6. The summed E-state index contributed by atoms with van der Waals surface area (Å²) in [7, 11) is 0. The Balaban J connectivity index is 0.00000484. The average Bonchev–Trinajstić information content (AvgIpc) is 2.41. The topological polar surface area (TPSA) is 59.6 Å². The fourth-order valence-corrected chi connectivity index (χ4v) is 1.72. The number of guanidine groups is 1. The number of aliphatic imine (C=N–C) groups is 1. The number of rotatable bonds is 7. The van der Waals surface area contributed by atoms with Gasteiger partial charge in [0.2, 0.25) is 0 Å². The van der Waals surface area contributed by atoms with Gasteiger partial charge < -0.3 is 15.8 Å². The molecule has 0 fully saturated rings. The molecule has 0 amide bonds. The number of anilines is 1. The maximum absolute atomic E-state index is 11.8. The number of alkyl halides is 3. The first-order valence-corrected chi connectivity index (χ1v) is 7.09. The van der Waals surface area contributed by atoms with E-state index < -0.39 is 12.8 Å². The molecule has 0 aliphatic heterocycles. The molecule has 1 aromatic rings. The first-order valence-electron chi connectivity index (χ1n) is 7.09. The second-order valence-corrected chi connectivity index (χ2v) is 5.19. The number of benzene rings is 1. The van der Waals surface area contributed by atoms with Gasteiger partial charge in [0.05, 0.1) is 0 Å². The van der Waals surface area contributed by atoms with Crippen LogP contribution in [0.1, 0.15) is 31.7 Å². The Morgan fingerprint density at radius 1 is 1.35 bits per heavy atom. The van der Waals surface area contributed by atoms with E-state index in [2.05, 4.69) is 28.9 Å². The zero-order valence-corrected chi connectivity index (χ0v) is 15.5. The minimum Gasteiger partial charge on any atom is -0.372 e. The van der Waals surface area contributed by atoms with E-state index in [0.717, 1.165) is 5.69 Å². The van der Waals surface area contributed by atoms with Gasteiger partial charge in [-0.25, -0.2) is 0 Å². The van der Waals surface area contributed by atoms with Gasteiger partial charge in [0.25, 0.3) is 0 Å². The molecular weight excluding hydrogens is 422 g/mol. The second kappa shape index (κ2) is 10.7. The van der Waals surface area contributed by atoms with Crippen LogP contribution in [0.15, 0.2) is 29.3 Å². The SMILES string of the molecule is CC(C)c1cccc(NC(N)=NCCCOCC(F)(F)F)c1.I. The molecule has 1 rings (SSSR count). The van der Waals surface area contributed by atoms with Crippen molar-refractivity contribution in [2.75, 3.05) is 25.1 Å². The van der Waals surface area contributed by atoms with Crippen molar-refractivity contribution in [3.8, 4) is 0 Å². The van der Waals surface area contributed by atoms with Crippen LogP contribution in [-0.4, -0.2) is 31.9 Å². The normalized spacial score (nSPS) is 12.2. The minimum absolute atomic E-state index is 0. The van der Waals surface area contributed by atoms with Crippen LogP contribution in [0, 0.1) is 0 Å². The average molecular weight is 445 g/mol. The molecule has 0 heterocycles. The van der Waals surface area contributed by atoms with E-state index in [1.807, 2.05) is 24.3 Å². The molecule has 0 saturated heterocycles. The molecule has 0 aliphatic carbocycles. The Kier molecular flexibility index (Phi) is 10.2. The predicted molar refractivity (Wildman–Crippen MR) is 97.5 cm³/mol. The Morgan fingerprint density at radius 3 is 2.65 bits per heavy atom. The highest BCUT2D eigenvalue weighted by atomic mass is 127. The number of halogens is 4. The maximum atomic E-state index is 11.8. The predicted octanol–water partition coefficient (Wildman–Crippen LogP) is 4.12. The molecule has 0 radical (unpaired) electrons. The van der Waals surface area contributed by atoms with Crippen LogP contribution in [0.4, 0.5) is 18.9 Å². The third kappa shape index (κ3) is 10.4. The molecule has 0 aromatic heterocycles. The molecule has 0 spiro atoms. The van der Waals surface area contributed by atoms with E-state index >= 15 is 0 Å². The molecule has 8 heteroatoms. The highest BCUT2D eigenvalue weighted by Crippen LogP contribution is 2.18. The number of nitrogens with zero attached hydrogens (tertiary/aromatic N) is 1. The number of nitrogens with two attached hydrogens (primary N) is 1. The number of nitrogens with one attached hydrogen (secondary N) is 1. The molecule has 1 aromatic carbocycles. The standard InChI is InChI=1S/C15H22F3N3O.HI/c1-11(2)12-5-3-6-13(9-12)21-14(19)20-7-4-8-22-10-15(16,17)18;/h3,5-6,9,11H,4,7-8,10H2,1-2H3,(H3,19,20,21);1H. The molecule has 132 valence electrons. The summed E-state index contributed by atoms with van der Waals surface area (Å²) in [5, 5.41) is 2.96. The number of hydrogen-bond donors (Lipinski definition) is 2. The smallest absolute Gasteiger partial charge is 0.372 e. The van der Waals surface area contributed by atoms with Gasteiger partial charge in [0.1, 0.15) is 6.61 Å². The van der Waals surface area contributed by atoms with Crippen molar-refractivity contribution in [2.24, 2.45) is 10.7 Å². The summed E-state index contributed by atoms with van der Waals surface area (Å²) in [6.07, 6.45) is -3.91. The van der Waals surface area contributed by atoms with Gasteiger partial charge in [-0.15, -0.1) is 24.0 Å². The van der Waals surface area contributed by atoms with Gasteiger partial charge in [-0.1, -0.05) is 26.0 Å². The number of ether oxygens (including phenoxy) is 1. The quantitative estimate of drug-likeness (QED) is 0.287. The third-order valence-electron chi connectivity index (χ3n) is 2.82. The van der Waals surface area contributed by atoms with Crippen molar-refractivity contribution < 1.29 is 17.9 Å². The van der Waals surface area contributed by atoms with Crippen LogP contribution in [0.2, 0.25) is 0 Å². The molecule has 0 saturated carbocycles. The number of hydrogen-bond acceptors (Lipinski definition) is 2. The van der Waals surface area contributed by atoms with Crippen LogP contribution in [0.25, 0.3) is 0 Å². The van der Waals surface area contributed by atoms with E-state index in [4.69, 9.17) is 5.73 Å². The fourth-order valence-electron chi connectivity index (χ4n) is 1.72. The van der Waals surface area contributed by atoms with Crippen LogP contribution < -0.4 is 11.1 Å². The van der Waals surface area contributed by atoms with Crippen molar-refractivity contribution in [3.63, 3.8) is 0 Å². The lowest BCUT2D eigenvalue weighted by Crippen LogP contribution is -2.23. The Morgan fingerprint density at radius 2 is 2.04 bits per heavy atom. The highest BCUT2D eigenvalue weighted by molar-refractivity contribution is 14.0. The van der Waals surface area contributed by atoms with Crippen LogP contribution >= 0.6 is 24.0 Å². The first kappa shape index (κ1) is 22.0. The summed E-state index contributed by atoms with van der Waals surface area (Å²) in [4.78, 5) is 4.05. The first-order chi connectivity index (χ1) is 10.3. The largest absolute Gasteiger partial charge is 0.411 e. The summed E-state index contributed by atoms with van der Waals surface area (Å²) in [5.74, 6) is 0.641. The highest BCUT2D eigenvalue weighted by Gasteiger charge is 2.27. The summed E-state index contributed by atoms with van der Waals surface area (Å²) in [5.41, 5.74) is 7.75. The van der Waals surface area contributed by atoms with Gasteiger partial charge in [0, 0.05) is 18.8 Å². The molecule has 23 heavy (non-hydrogen) atoms. The van der Waals surface area contributed by atoms with E-state index in [1.165, 1.54) is 5.56 Å². The molecule has 0 atom stereocenters. The zero-order valence-electron chi connectivity index (χ0n) is 13.2. The minimum atomic E-state index is -4.29. The molecule has 0 bridgehead atoms. The summed E-state index contributed by atoms with van der Waals surface area (Å²) >= 11 is 0. The van der Waals surface area contributed by atoms with E-state index in [9.17, 15) is 13.2 Å². The summed E-state index contributed by atoms with van der Waals surface area (Å²) in [6, 6.07) is 7.82. The van der Waals surface area contributed by atoms with Crippen LogP contribution in [0.5, 0.6) is 0 Å². The Bertz CT molecular complexity index is 493. The molecular formula is C15H23F3IN3O. The van der Waals surface area contributed by atoms with Gasteiger partial charge in [-0.05, 0) is 30.0 Å². The van der Waals surface area contributed by atoms with Gasteiger partial charge in [-0.3, -0.25) is 4.99 Å². The van der Waals surface area contributed by atoms with E-state index in [0.29, 0.717) is 18.9 Å². The summed E-state index contributed by atoms with van der Waals surface area (Å²) < 4.78 is 40.0. The lowest BCUT2D eigenvalue weighted by Gasteiger charge is -2.10. The molecule has 0 aliphatic rings. The van der Waals surface area contributed by atoms with Gasteiger partial charge in [-0.2, -0.15) is 13.2 Å². The Labute approximate surface area is 151 Å². The summed E-state index contributed by atoms with van der Waals surface area (Å²) in [6.45, 7) is 3.27. The molecule has 0 unspecified atom stereocenters. The van der Waals surface area contributed by atoms with Crippen molar-refractivity contribution in [2.45, 2.75) is 32.4 Å². The van der Waals surface area contributed by atoms with E-state index in [-0.39, 0.29) is 36.5 Å². The van der Waals surface area contributed by atoms with Crippen LogP contribution in [0.3, 0.4) is 0 Å². The van der Waals surface area contributed by atoms with Crippen molar-refractivity contribution >= 4 is 35.6 Å². The van der Waals surface area contributed by atoms with Gasteiger partial charge in [0.15, 0.2) is 5.96 Å². The third-order valence-corrected chi connectivity index (χ3v) is 2.82. The lowest BCUT2D eigenvalue weighted by molar-refractivity contribution is -0.173. The van der Waals surface area contributed by atoms with E-state index in [1.54, 1.807) is 0 Å². The lowest BCUT2D eigenvalue weighted by atomic mass is 10.0. The monoisotopic (exact) mass is 445 g/mol. The maximum Gasteiger partial charge on any atom is 0.411 e. The molecule has 3 N–H and O–H groups in total. The van der Waals surface area contributed by atoms with Crippen molar-refractivity contribution in [1.82, 2.24) is 0 Å². The van der Waals surface area contributed by atoms with Crippen molar-refractivity contribution in [1.29, 1.82) is 0 Å². The second-order valence-electron chi connectivity index (χ2n) is 5.19. The van der Waals surface area contributed by atoms with Gasteiger partial charge >= 0.3 is 6.18 Å².